The molecule has 33 heavy (non-hydrogen) atoms. The lowest BCUT2D eigenvalue weighted by Gasteiger charge is -2.15. The molecule has 0 heterocycles. The van der Waals surface area contributed by atoms with E-state index < -0.39 is 38.4 Å². The van der Waals surface area contributed by atoms with E-state index in [1.54, 1.807) is 13.0 Å². The van der Waals surface area contributed by atoms with Crippen molar-refractivity contribution in [2.24, 2.45) is 5.73 Å². The average molecular weight is 481 g/mol. The lowest BCUT2D eigenvalue weighted by Crippen LogP contribution is -2.18. The molecule has 0 spiro atoms. The van der Waals surface area contributed by atoms with Crippen LogP contribution in [0.5, 0.6) is 0 Å². The summed E-state index contributed by atoms with van der Waals surface area (Å²) in [6, 6.07) is 11.5. The fraction of sp³-hybridized carbons (Fsp3) is 0.136. The number of amides is 1. The van der Waals surface area contributed by atoms with E-state index in [0.29, 0.717) is 17.2 Å². The second-order valence-corrected chi connectivity index (χ2v) is 8.78. The van der Waals surface area contributed by atoms with E-state index in [1.165, 1.54) is 24.3 Å². The summed E-state index contributed by atoms with van der Waals surface area (Å²) < 4.78 is 80.7. The highest BCUT2D eigenvalue weighted by atomic mass is 32.2. The summed E-state index contributed by atoms with van der Waals surface area (Å²) >= 11 is 0. The summed E-state index contributed by atoms with van der Waals surface area (Å²) in [5, 5.41) is 2.48. The Bertz CT molecular complexity index is 1290. The molecule has 0 saturated heterocycles. The van der Waals surface area contributed by atoms with Crippen molar-refractivity contribution in [3.63, 3.8) is 0 Å². The van der Waals surface area contributed by atoms with Crippen molar-refractivity contribution in [2.75, 3.05) is 10.0 Å². The second-order valence-electron chi connectivity index (χ2n) is 7.09. The molecular weight excluding hydrogens is 462 g/mol. The number of benzene rings is 3. The van der Waals surface area contributed by atoms with E-state index in [0.717, 1.165) is 24.3 Å². The van der Waals surface area contributed by atoms with Gasteiger partial charge in [0.2, 0.25) is 0 Å². The molecule has 3 aromatic rings. The van der Waals surface area contributed by atoms with E-state index in [9.17, 15) is 30.8 Å². The highest BCUT2D eigenvalue weighted by Crippen LogP contribution is 2.31. The standard InChI is InChI=1S/C22H19F4N3O3S/c1-13-4-2-7-18(23)20(13)21(30)28-16-9-8-14(12-27)19(11-16)29-33(31,32)17-6-3-5-15(10-17)22(24,25)26/h2-11,29H,12,27H2,1H3,(H,28,30). The van der Waals surface area contributed by atoms with Crippen molar-refractivity contribution in [3.05, 3.63) is 88.7 Å². The number of aryl methyl sites for hydroxylation is 1. The molecule has 1 amide bonds. The lowest BCUT2D eigenvalue weighted by atomic mass is 10.1. The Kier molecular flexibility index (Phi) is 6.75. The number of sulfonamides is 1. The molecule has 0 saturated carbocycles. The maximum Gasteiger partial charge on any atom is 0.416 e. The number of hydrogen-bond donors (Lipinski definition) is 3. The zero-order chi connectivity index (χ0) is 24.4. The topological polar surface area (TPSA) is 101 Å². The fourth-order valence-electron chi connectivity index (χ4n) is 3.08. The minimum atomic E-state index is -4.72. The minimum absolute atomic E-state index is 0.0435. The number of carbonyl (C=O) groups is 1. The van der Waals surface area contributed by atoms with E-state index in [2.05, 4.69) is 10.0 Å². The van der Waals surface area contributed by atoms with E-state index in [-0.39, 0.29) is 23.5 Å². The Morgan fingerprint density at radius 1 is 1.03 bits per heavy atom. The molecule has 4 N–H and O–H groups in total. The maximum atomic E-state index is 14.1. The van der Waals surface area contributed by atoms with Crippen LogP contribution in [0.4, 0.5) is 28.9 Å². The highest BCUT2D eigenvalue weighted by molar-refractivity contribution is 7.92. The molecular formula is C22H19F4N3O3S. The first kappa shape index (κ1) is 24.2. The maximum absolute atomic E-state index is 14.1. The molecule has 3 rings (SSSR count). The molecule has 3 aromatic carbocycles. The van der Waals surface area contributed by atoms with E-state index >= 15 is 0 Å². The summed E-state index contributed by atoms with van der Waals surface area (Å²) in [7, 11) is -4.42. The van der Waals surface area contributed by atoms with Crippen LogP contribution in [0, 0.1) is 12.7 Å². The molecule has 0 atom stereocenters. The first-order valence-electron chi connectivity index (χ1n) is 9.52. The number of hydrogen-bond acceptors (Lipinski definition) is 4. The monoisotopic (exact) mass is 481 g/mol. The predicted octanol–water partition coefficient (Wildman–Crippen LogP) is 4.66. The number of rotatable bonds is 6. The number of anilines is 2. The number of carbonyl (C=O) groups excluding carboxylic acids is 1. The van der Waals surface area contributed by atoms with Gasteiger partial charge >= 0.3 is 6.18 Å². The number of nitrogens with two attached hydrogens (primary N) is 1. The van der Waals surface area contributed by atoms with Crippen LogP contribution < -0.4 is 15.8 Å². The Balaban J connectivity index is 1.92. The van der Waals surface area contributed by atoms with Crippen LogP contribution in [0.15, 0.2) is 65.6 Å². The third-order valence-corrected chi connectivity index (χ3v) is 6.12. The number of halogens is 4. The third-order valence-electron chi connectivity index (χ3n) is 4.75. The normalized spacial score (nSPS) is 11.8. The van der Waals surface area contributed by atoms with Gasteiger partial charge in [0.1, 0.15) is 5.82 Å². The van der Waals surface area contributed by atoms with Gasteiger partial charge in [-0.1, -0.05) is 24.3 Å². The van der Waals surface area contributed by atoms with Crippen LogP contribution >= 0.6 is 0 Å². The van der Waals surface area contributed by atoms with Crippen LogP contribution in [0.2, 0.25) is 0 Å². The van der Waals surface area contributed by atoms with Crippen molar-refractivity contribution in [1.29, 1.82) is 0 Å². The van der Waals surface area contributed by atoms with Crippen molar-refractivity contribution >= 4 is 27.3 Å². The highest BCUT2D eigenvalue weighted by Gasteiger charge is 2.31. The lowest BCUT2D eigenvalue weighted by molar-refractivity contribution is -0.137. The van der Waals surface area contributed by atoms with Gasteiger partial charge in [-0.05, 0) is 54.4 Å². The number of alkyl halides is 3. The van der Waals surface area contributed by atoms with Gasteiger partial charge in [0, 0.05) is 12.2 Å². The molecule has 0 aliphatic heterocycles. The molecule has 0 radical (unpaired) electrons. The van der Waals surface area contributed by atoms with Gasteiger partial charge < -0.3 is 11.1 Å². The van der Waals surface area contributed by atoms with Gasteiger partial charge in [0.15, 0.2) is 0 Å². The zero-order valence-corrected chi connectivity index (χ0v) is 18.0. The predicted molar refractivity (Wildman–Crippen MR) is 116 cm³/mol. The fourth-order valence-corrected chi connectivity index (χ4v) is 4.22. The van der Waals surface area contributed by atoms with Crippen molar-refractivity contribution in [3.8, 4) is 0 Å². The van der Waals surface area contributed by atoms with Gasteiger partial charge in [-0.25, -0.2) is 12.8 Å². The summed E-state index contributed by atoms with van der Waals surface area (Å²) in [6.07, 6.45) is -4.72. The Morgan fingerprint density at radius 2 is 1.73 bits per heavy atom. The molecule has 0 fully saturated rings. The smallest absolute Gasteiger partial charge is 0.326 e. The summed E-state index contributed by atoms with van der Waals surface area (Å²) in [4.78, 5) is 11.9. The van der Waals surface area contributed by atoms with Crippen molar-refractivity contribution < 1.29 is 30.8 Å². The minimum Gasteiger partial charge on any atom is -0.326 e. The summed E-state index contributed by atoms with van der Waals surface area (Å²) in [5.41, 5.74) is 5.16. The van der Waals surface area contributed by atoms with Crippen molar-refractivity contribution in [2.45, 2.75) is 24.5 Å². The molecule has 0 unspecified atom stereocenters. The van der Waals surface area contributed by atoms with Crippen LogP contribution in [0.25, 0.3) is 0 Å². The van der Waals surface area contributed by atoms with Gasteiger partial charge in [-0.3, -0.25) is 9.52 Å². The molecule has 0 aliphatic rings. The van der Waals surface area contributed by atoms with Gasteiger partial charge in [0.25, 0.3) is 15.9 Å². The van der Waals surface area contributed by atoms with E-state index in [4.69, 9.17) is 5.73 Å². The van der Waals surface area contributed by atoms with Crippen molar-refractivity contribution in [1.82, 2.24) is 0 Å². The summed E-state index contributed by atoms with van der Waals surface area (Å²) in [6.45, 7) is 1.46. The quantitative estimate of drug-likeness (QED) is 0.446. The first-order chi connectivity index (χ1) is 15.4. The molecule has 11 heteroatoms. The van der Waals surface area contributed by atoms with Crippen LogP contribution in [0.3, 0.4) is 0 Å². The third kappa shape index (κ3) is 5.49. The van der Waals surface area contributed by atoms with Gasteiger partial charge in [-0.15, -0.1) is 0 Å². The Hall–Kier alpha value is -3.44. The van der Waals surface area contributed by atoms with Crippen LogP contribution in [0.1, 0.15) is 27.0 Å². The Morgan fingerprint density at radius 3 is 2.36 bits per heavy atom. The van der Waals surface area contributed by atoms with E-state index in [1.807, 2.05) is 0 Å². The molecule has 0 aliphatic carbocycles. The number of nitrogens with one attached hydrogen (secondary N) is 2. The molecule has 0 bridgehead atoms. The Labute approximate surface area is 187 Å². The van der Waals surface area contributed by atoms with Crippen LogP contribution in [-0.4, -0.2) is 14.3 Å². The zero-order valence-electron chi connectivity index (χ0n) is 17.2. The van der Waals surface area contributed by atoms with Gasteiger partial charge in [0.05, 0.1) is 21.7 Å². The second kappa shape index (κ2) is 9.20. The molecule has 6 nitrogen and oxygen atoms in total. The van der Waals surface area contributed by atoms with Crippen LogP contribution in [-0.2, 0) is 22.7 Å². The average Bonchev–Trinajstić information content (AvgIpc) is 2.73. The molecule has 174 valence electrons. The largest absolute Gasteiger partial charge is 0.416 e. The summed E-state index contributed by atoms with van der Waals surface area (Å²) in [5.74, 6) is -1.48. The molecule has 0 aromatic heterocycles. The van der Waals surface area contributed by atoms with Gasteiger partial charge in [-0.2, -0.15) is 13.2 Å². The SMILES string of the molecule is Cc1cccc(F)c1C(=O)Nc1ccc(CN)c(NS(=O)(=O)c2cccc(C(F)(F)F)c2)c1. The first-order valence-corrected chi connectivity index (χ1v) is 11.0.